The minimum Gasteiger partial charge on any atom is -0.253 e. The van der Waals surface area contributed by atoms with E-state index in [-0.39, 0.29) is 0 Å². The summed E-state index contributed by atoms with van der Waals surface area (Å²) in [6.45, 7) is 0. The molecule has 3 rings (SSSR count). The molecule has 88 valence electrons. The van der Waals surface area contributed by atoms with Gasteiger partial charge < -0.3 is 0 Å². The van der Waals surface area contributed by atoms with E-state index in [9.17, 15) is 0 Å². The maximum atomic E-state index is 6.00. The van der Waals surface area contributed by atoms with Crippen LogP contribution in [-0.4, -0.2) is 19.9 Å². The van der Waals surface area contributed by atoms with E-state index in [0.29, 0.717) is 11.0 Å². The summed E-state index contributed by atoms with van der Waals surface area (Å²) in [6.07, 6.45) is 5.03. The van der Waals surface area contributed by atoms with Crippen molar-refractivity contribution in [2.75, 3.05) is 0 Å². The van der Waals surface area contributed by atoms with Crippen molar-refractivity contribution < 1.29 is 0 Å². The predicted octanol–water partition coefficient (Wildman–Crippen LogP) is 3.34. The summed E-state index contributed by atoms with van der Waals surface area (Å²) in [5.41, 5.74) is 2.53. The summed E-state index contributed by atoms with van der Waals surface area (Å²) >= 11 is 8.09. The van der Waals surface area contributed by atoms with Crippen molar-refractivity contribution in [3.8, 4) is 11.4 Å². The first-order valence-electron chi connectivity index (χ1n) is 5.13. The van der Waals surface area contributed by atoms with Gasteiger partial charge in [0.25, 0.3) is 0 Å². The lowest BCUT2D eigenvalue weighted by molar-refractivity contribution is 1.16. The van der Waals surface area contributed by atoms with E-state index >= 15 is 0 Å². The highest BCUT2D eigenvalue weighted by molar-refractivity contribution is 14.1. The maximum absolute atomic E-state index is 6.00. The van der Waals surface area contributed by atoms with Crippen LogP contribution in [0.1, 0.15) is 0 Å². The minimum absolute atomic E-state index is 0.458. The number of nitrogens with zero attached hydrogens (tertiary/aromatic N) is 4. The highest BCUT2D eigenvalue weighted by atomic mass is 127. The molecule has 2 heterocycles. The molecular formula is C12H6ClIN4. The third-order valence-electron chi connectivity index (χ3n) is 2.43. The second kappa shape index (κ2) is 4.74. The monoisotopic (exact) mass is 368 g/mol. The van der Waals surface area contributed by atoms with Gasteiger partial charge in [-0.1, -0.05) is 11.6 Å². The van der Waals surface area contributed by atoms with Gasteiger partial charge in [-0.3, -0.25) is 9.97 Å². The Morgan fingerprint density at radius 2 is 1.78 bits per heavy atom. The molecule has 0 aliphatic heterocycles. The van der Waals surface area contributed by atoms with Gasteiger partial charge in [-0.15, -0.1) is 0 Å². The molecule has 0 saturated carbocycles. The van der Waals surface area contributed by atoms with Gasteiger partial charge in [-0.05, 0) is 40.8 Å². The van der Waals surface area contributed by atoms with E-state index in [4.69, 9.17) is 11.6 Å². The molecule has 0 radical (unpaired) electrons. The number of rotatable bonds is 1. The molecule has 0 fully saturated rings. The molecule has 0 unspecified atom stereocenters. The van der Waals surface area contributed by atoms with Gasteiger partial charge in [0.05, 0.1) is 14.6 Å². The summed E-state index contributed by atoms with van der Waals surface area (Å²) in [6, 6.07) is 5.71. The molecule has 0 N–H and O–H groups in total. The average molecular weight is 369 g/mol. The van der Waals surface area contributed by atoms with Gasteiger partial charge in [0, 0.05) is 24.2 Å². The third-order valence-corrected chi connectivity index (χ3v) is 3.83. The van der Waals surface area contributed by atoms with E-state index in [1.165, 1.54) is 0 Å². The fourth-order valence-electron chi connectivity index (χ4n) is 1.59. The van der Waals surface area contributed by atoms with Crippen LogP contribution >= 0.6 is 34.2 Å². The summed E-state index contributed by atoms with van der Waals surface area (Å²) in [7, 11) is 0. The molecule has 0 aliphatic rings. The number of hydrogen-bond donors (Lipinski definition) is 0. The quantitative estimate of drug-likeness (QED) is 0.488. The second-order valence-electron chi connectivity index (χ2n) is 3.59. The van der Waals surface area contributed by atoms with Crippen LogP contribution in [0.4, 0.5) is 0 Å². The molecule has 0 atom stereocenters. The second-order valence-corrected chi connectivity index (χ2v) is 5.11. The van der Waals surface area contributed by atoms with Crippen molar-refractivity contribution in [2.45, 2.75) is 0 Å². The first-order valence-corrected chi connectivity index (χ1v) is 6.59. The van der Waals surface area contributed by atoms with Crippen molar-refractivity contribution >= 4 is 45.2 Å². The minimum atomic E-state index is 0.458. The predicted molar refractivity (Wildman–Crippen MR) is 78.3 cm³/mol. The van der Waals surface area contributed by atoms with Gasteiger partial charge in [0.15, 0.2) is 5.82 Å². The summed E-state index contributed by atoms with van der Waals surface area (Å²) in [4.78, 5) is 17.0. The first kappa shape index (κ1) is 11.7. The fraction of sp³-hybridized carbons (Fsp3) is 0. The fourth-order valence-corrected chi connectivity index (χ4v) is 1.98. The van der Waals surface area contributed by atoms with Crippen LogP contribution in [-0.2, 0) is 0 Å². The van der Waals surface area contributed by atoms with Crippen molar-refractivity contribution in [3.63, 3.8) is 0 Å². The molecule has 1 aromatic carbocycles. The molecule has 0 aliphatic carbocycles. The zero-order chi connectivity index (χ0) is 12.5. The van der Waals surface area contributed by atoms with Crippen molar-refractivity contribution in [1.29, 1.82) is 0 Å². The SMILES string of the molecule is Clc1nc(-c2ccc3nccnc3c2)ncc1I. The van der Waals surface area contributed by atoms with Crippen molar-refractivity contribution in [1.82, 2.24) is 19.9 Å². The van der Waals surface area contributed by atoms with E-state index in [2.05, 4.69) is 42.5 Å². The normalized spacial score (nSPS) is 10.8. The van der Waals surface area contributed by atoms with Crippen LogP contribution in [0.5, 0.6) is 0 Å². The molecule has 4 nitrogen and oxygen atoms in total. The van der Waals surface area contributed by atoms with Crippen LogP contribution in [0.2, 0.25) is 5.15 Å². The molecule has 0 bridgehead atoms. The molecule has 0 spiro atoms. The number of benzene rings is 1. The highest BCUT2D eigenvalue weighted by Crippen LogP contribution is 2.22. The van der Waals surface area contributed by atoms with E-state index in [1.54, 1.807) is 18.6 Å². The molecule has 2 aromatic heterocycles. The number of fused-ring (bicyclic) bond motifs is 1. The van der Waals surface area contributed by atoms with Gasteiger partial charge in [0.2, 0.25) is 0 Å². The van der Waals surface area contributed by atoms with Gasteiger partial charge in [-0.25, -0.2) is 9.97 Å². The van der Waals surface area contributed by atoms with E-state index < -0.39 is 0 Å². The number of aromatic nitrogens is 4. The Morgan fingerprint density at radius 1 is 1.00 bits per heavy atom. The van der Waals surface area contributed by atoms with Crippen LogP contribution in [0, 0.1) is 3.57 Å². The highest BCUT2D eigenvalue weighted by Gasteiger charge is 2.06. The van der Waals surface area contributed by atoms with Crippen LogP contribution in [0.3, 0.4) is 0 Å². The molecule has 0 amide bonds. The Kier molecular flexibility index (Phi) is 3.09. The Bertz CT molecular complexity index is 732. The Labute approximate surface area is 122 Å². The van der Waals surface area contributed by atoms with Gasteiger partial charge in [-0.2, -0.15) is 0 Å². The molecule has 0 saturated heterocycles. The lowest BCUT2D eigenvalue weighted by atomic mass is 10.2. The molecule has 6 heteroatoms. The summed E-state index contributed by atoms with van der Waals surface area (Å²) in [5, 5.41) is 0.458. The first-order chi connectivity index (χ1) is 8.74. The Morgan fingerprint density at radius 3 is 2.56 bits per heavy atom. The topological polar surface area (TPSA) is 51.6 Å². The molecule has 3 aromatic rings. The molecular weight excluding hydrogens is 363 g/mol. The summed E-state index contributed by atoms with van der Waals surface area (Å²) in [5.74, 6) is 0.591. The largest absolute Gasteiger partial charge is 0.253 e. The smallest absolute Gasteiger partial charge is 0.160 e. The van der Waals surface area contributed by atoms with E-state index in [1.807, 2.05) is 18.2 Å². The van der Waals surface area contributed by atoms with Crippen molar-refractivity contribution in [2.24, 2.45) is 0 Å². The maximum Gasteiger partial charge on any atom is 0.160 e. The zero-order valence-electron chi connectivity index (χ0n) is 9.01. The van der Waals surface area contributed by atoms with Crippen molar-refractivity contribution in [3.05, 3.63) is 45.5 Å². The van der Waals surface area contributed by atoms with Gasteiger partial charge in [0.1, 0.15) is 5.15 Å². The van der Waals surface area contributed by atoms with Crippen LogP contribution in [0.25, 0.3) is 22.4 Å². The average Bonchev–Trinajstić information content (AvgIpc) is 2.41. The number of halogens is 2. The lowest BCUT2D eigenvalue weighted by Crippen LogP contribution is -1.92. The zero-order valence-corrected chi connectivity index (χ0v) is 11.9. The van der Waals surface area contributed by atoms with Gasteiger partial charge >= 0.3 is 0 Å². The van der Waals surface area contributed by atoms with Crippen LogP contribution < -0.4 is 0 Å². The summed E-state index contributed by atoms with van der Waals surface area (Å²) < 4.78 is 0.832. The lowest BCUT2D eigenvalue weighted by Gasteiger charge is -2.02. The van der Waals surface area contributed by atoms with Crippen LogP contribution in [0.15, 0.2) is 36.8 Å². The Balaban J connectivity index is 2.16. The van der Waals surface area contributed by atoms with E-state index in [0.717, 1.165) is 20.2 Å². The third kappa shape index (κ3) is 2.15. The standard InChI is InChI=1S/C12H6ClIN4/c13-11-8(14)6-17-12(18-11)7-1-2-9-10(5-7)16-4-3-15-9/h1-6H. The Hall–Kier alpha value is -1.34. The molecule has 18 heavy (non-hydrogen) atoms. The number of hydrogen-bond acceptors (Lipinski definition) is 4.